The first-order valence-electron chi connectivity index (χ1n) is 7.65. The van der Waals surface area contributed by atoms with Gasteiger partial charge >= 0.3 is 5.97 Å². The molecule has 1 saturated carbocycles. The summed E-state index contributed by atoms with van der Waals surface area (Å²) in [6.45, 7) is 13.3. The van der Waals surface area contributed by atoms with Crippen LogP contribution in [0.1, 0.15) is 47.0 Å². The van der Waals surface area contributed by atoms with Crippen LogP contribution in [0.15, 0.2) is 12.2 Å². The van der Waals surface area contributed by atoms with Gasteiger partial charge in [-0.25, -0.2) is 0 Å². The molecule has 2 heterocycles. The van der Waals surface area contributed by atoms with E-state index >= 15 is 0 Å². The highest BCUT2D eigenvalue weighted by Gasteiger charge is 2.56. The summed E-state index contributed by atoms with van der Waals surface area (Å²) in [5.74, 6) is -0.00949. The molecular formula is C17H29NO2. The quantitative estimate of drug-likeness (QED) is 0.545. The molecule has 2 saturated heterocycles. The van der Waals surface area contributed by atoms with Crippen molar-refractivity contribution in [3.05, 3.63) is 12.2 Å². The summed E-state index contributed by atoms with van der Waals surface area (Å²) in [4.78, 5) is 14.7. The number of carbonyl (C=O) groups is 1. The molecule has 0 N–H and O–H groups in total. The van der Waals surface area contributed by atoms with Crippen molar-refractivity contribution in [2.75, 3.05) is 14.2 Å². The van der Waals surface area contributed by atoms with Gasteiger partial charge in [0, 0.05) is 11.6 Å². The van der Waals surface area contributed by atoms with Crippen molar-refractivity contribution in [2.24, 2.45) is 17.3 Å². The van der Waals surface area contributed by atoms with E-state index in [-0.39, 0.29) is 28.8 Å². The molecule has 114 valence electrons. The first-order chi connectivity index (χ1) is 9.14. The van der Waals surface area contributed by atoms with Crippen molar-refractivity contribution in [1.82, 2.24) is 4.90 Å². The van der Waals surface area contributed by atoms with Crippen molar-refractivity contribution in [3.8, 4) is 0 Å². The van der Waals surface area contributed by atoms with Gasteiger partial charge in [-0.3, -0.25) is 9.69 Å². The highest BCUT2D eigenvalue weighted by atomic mass is 16.5. The third-order valence-electron chi connectivity index (χ3n) is 5.94. The third-order valence-corrected chi connectivity index (χ3v) is 5.94. The van der Waals surface area contributed by atoms with Crippen molar-refractivity contribution in [3.63, 3.8) is 0 Å². The fourth-order valence-corrected chi connectivity index (χ4v) is 4.69. The lowest BCUT2D eigenvalue weighted by atomic mass is 9.53. The van der Waals surface area contributed by atoms with Crippen LogP contribution in [-0.2, 0) is 9.53 Å². The minimum atomic E-state index is -0.163. The van der Waals surface area contributed by atoms with Crippen molar-refractivity contribution in [2.45, 2.75) is 58.5 Å². The number of hydrogen-bond acceptors (Lipinski definition) is 3. The number of hydrogen-bond donors (Lipinski definition) is 0. The number of methoxy groups -OCH3 is 1. The summed E-state index contributed by atoms with van der Waals surface area (Å²) in [6.07, 6.45) is 3.17. The minimum absolute atomic E-state index is 0.0696. The van der Waals surface area contributed by atoms with Crippen LogP contribution in [0, 0.1) is 17.3 Å². The smallest absolute Gasteiger partial charge is 0.313 e. The Morgan fingerprint density at radius 1 is 1.35 bits per heavy atom. The zero-order valence-electron chi connectivity index (χ0n) is 13.8. The SMILES string of the molecule is C=C1C(C(=O)OC)C(C)CC(C)N(C)C2(C)CC1(C)C2. The van der Waals surface area contributed by atoms with Gasteiger partial charge in [0.25, 0.3) is 0 Å². The Morgan fingerprint density at radius 2 is 1.90 bits per heavy atom. The van der Waals surface area contributed by atoms with Crippen LogP contribution < -0.4 is 0 Å². The van der Waals surface area contributed by atoms with Gasteiger partial charge in [0.15, 0.2) is 0 Å². The largest absolute Gasteiger partial charge is 0.469 e. The Hall–Kier alpha value is -0.830. The molecule has 0 aromatic carbocycles. The van der Waals surface area contributed by atoms with E-state index < -0.39 is 0 Å². The average Bonchev–Trinajstić information content (AvgIpc) is 2.37. The van der Waals surface area contributed by atoms with Gasteiger partial charge in [-0.05, 0) is 51.5 Å². The van der Waals surface area contributed by atoms with Crippen LogP contribution in [0.4, 0.5) is 0 Å². The summed E-state index contributed by atoms with van der Waals surface area (Å²) in [5.41, 5.74) is 1.39. The van der Waals surface area contributed by atoms with Crippen molar-refractivity contribution < 1.29 is 9.53 Å². The maximum atomic E-state index is 12.2. The number of carbonyl (C=O) groups excluding carboxylic acids is 1. The molecule has 2 bridgehead atoms. The second-order valence-corrected chi connectivity index (χ2v) is 7.61. The van der Waals surface area contributed by atoms with Gasteiger partial charge in [0.05, 0.1) is 13.0 Å². The van der Waals surface area contributed by atoms with Gasteiger partial charge in [-0.2, -0.15) is 0 Å². The van der Waals surface area contributed by atoms with Crippen LogP contribution in [0.25, 0.3) is 0 Å². The molecule has 3 rings (SSSR count). The molecule has 0 spiro atoms. The van der Waals surface area contributed by atoms with Crippen LogP contribution in [0.3, 0.4) is 0 Å². The first-order valence-corrected chi connectivity index (χ1v) is 7.65. The Morgan fingerprint density at radius 3 is 2.40 bits per heavy atom. The first kappa shape index (κ1) is 15.6. The summed E-state index contributed by atoms with van der Waals surface area (Å²) in [5, 5.41) is 0. The molecule has 3 aliphatic rings. The average molecular weight is 279 g/mol. The monoisotopic (exact) mass is 279 g/mol. The number of ether oxygens (including phenoxy) is 1. The fourth-order valence-electron chi connectivity index (χ4n) is 4.69. The molecule has 3 fully saturated rings. The van der Waals surface area contributed by atoms with E-state index in [1.165, 1.54) is 7.11 Å². The molecule has 3 heteroatoms. The van der Waals surface area contributed by atoms with Gasteiger partial charge in [0.2, 0.25) is 0 Å². The molecule has 0 aromatic heterocycles. The van der Waals surface area contributed by atoms with Crippen molar-refractivity contribution in [1.29, 1.82) is 0 Å². The van der Waals surface area contributed by atoms with Gasteiger partial charge in [0.1, 0.15) is 0 Å². The summed E-state index contributed by atoms with van der Waals surface area (Å²) >= 11 is 0. The topological polar surface area (TPSA) is 29.5 Å². The van der Waals surface area contributed by atoms with E-state index in [2.05, 4.69) is 46.2 Å². The summed E-state index contributed by atoms with van der Waals surface area (Å²) < 4.78 is 5.05. The molecule has 0 aromatic rings. The van der Waals surface area contributed by atoms with Crippen LogP contribution in [0.2, 0.25) is 0 Å². The molecule has 0 radical (unpaired) electrons. The number of fused-ring (bicyclic) bond motifs is 5. The van der Waals surface area contributed by atoms with E-state index in [1.807, 2.05) is 0 Å². The predicted octanol–water partition coefficient (Wildman–Crippen LogP) is 3.25. The minimum Gasteiger partial charge on any atom is -0.469 e. The highest BCUT2D eigenvalue weighted by Crippen LogP contribution is 2.58. The maximum absolute atomic E-state index is 12.2. The van der Waals surface area contributed by atoms with E-state index in [1.54, 1.807) is 0 Å². The number of nitrogens with zero attached hydrogens (tertiary/aromatic N) is 1. The number of esters is 1. The van der Waals surface area contributed by atoms with Crippen molar-refractivity contribution >= 4 is 5.97 Å². The molecule has 3 nitrogen and oxygen atoms in total. The lowest BCUT2D eigenvalue weighted by Crippen LogP contribution is -2.60. The Balaban J connectivity index is 2.38. The van der Waals surface area contributed by atoms with Crippen LogP contribution in [0.5, 0.6) is 0 Å². The lowest BCUT2D eigenvalue weighted by Gasteiger charge is -2.59. The fraction of sp³-hybridized carbons (Fsp3) is 0.824. The lowest BCUT2D eigenvalue weighted by molar-refractivity contribution is -0.146. The number of rotatable bonds is 1. The van der Waals surface area contributed by atoms with Crippen LogP contribution in [-0.4, -0.2) is 36.6 Å². The molecular weight excluding hydrogens is 250 g/mol. The standard InChI is InChI=1S/C17H29NO2/c1-11-8-12(2)18(6)17(5)9-16(4,10-17)13(3)14(11)15(19)20-7/h11-12,14H,3,8-10H2,1-2,4-7H3. The second kappa shape index (κ2) is 4.87. The van der Waals surface area contributed by atoms with Gasteiger partial charge in [-0.15, -0.1) is 0 Å². The van der Waals surface area contributed by atoms with E-state index in [0.29, 0.717) is 6.04 Å². The summed E-state index contributed by atoms with van der Waals surface area (Å²) in [6, 6.07) is 0.470. The van der Waals surface area contributed by atoms with E-state index in [0.717, 1.165) is 24.8 Å². The summed E-state index contributed by atoms with van der Waals surface area (Å²) in [7, 11) is 3.70. The van der Waals surface area contributed by atoms with Gasteiger partial charge < -0.3 is 4.74 Å². The Labute approximate surface area is 123 Å². The zero-order chi connectivity index (χ0) is 15.3. The molecule has 3 atom stereocenters. The molecule has 1 aliphatic carbocycles. The van der Waals surface area contributed by atoms with E-state index in [9.17, 15) is 4.79 Å². The molecule has 20 heavy (non-hydrogen) atoms. The Kier molecular flexibility index (Phi) is 3.79. The van der Waals surface area contributed by atoms with Gasteiger partial charge in [-0.1, -0.05) is 26.0 Å². The zero-order valence-corrected chi connectivity index (χ0v) is 13.8. The maximum Gasteiger partial charge on any atom is 0.313 e. The second-order valence-electron chi connectivity index (χ2n) is 7.61. The molecule has 0 amide bonds. The molecule has 2 aliphatic heterocycles. The predicted molar refractivity (Wildman–Crippen MR) is 81.4 cm³/mol. The third kappa shape index (κ3) is 2.20. The highest BCUT2D eigenvalue weighted by molar-refractivity contribution is 5.76. The molecule has 3 unspecified atom stereocenters. The Bertz CT molecular complexity index is 423. The van der Waals surface area contributed by atoms with Crippen LogP contribution >= 0.6 is 0 Å². The van der Waals surface area contributed by atoms with E-state index in [4.69, 9.17) is 4.74 Å². The normalized spacial score (nSPS) is 45.9.